The number of methoxy groups -OCH3 is 1. The average molecular weight is 403 g/mol. The molecule has 1 amide bonds. The Balaban J connectivity index is 2.14. The van der Waals surface area contributed by atoms with Crippen LogP contribution in [0.25, 0.3) is 0 Å². The second-order valence-corrected chi connectivity index (χ2v) is 7.61. The lowest BCUT2D eigenvalue weighted by Crippen LogP contribution is -2.37. The van der Waals surface area contributed by atoms with Crippen molar-refractivity contribution in [2.24, 2.45) is 5.92 Å². The number of hydrogen-bond acceptors (Lipinski definition) is 2. The van der Waals surface area contributed by atoms with Gasteiger partial charge in [-0.25, -0.2) is 4.39 Å². The Morgan fingerprint density at radius 2 is 2.03 bits per heavy atom. The average Bonchev–Trinajstić information content (AvgIpc) is 3.14. The molecular formula is C24H35FN2O2. The van der Waals surface area contributed by atoms with E-state index in [1.54, 1.807) is 19.2 Å². The minimum Gasteiger partial charge on any atom is -0.385 e. The molecule has 0 aliphatic heterocycles. The molecule has 0 N–H and O–H groups in total. The SMILES string of the molecule is CCCC[C@@H](CC)C(=O)N(CCCOC)Cc1cccn1Cc1cccc(F)c1. The highest BCUT2D eigenvalue weighted by Gasteiger charge is 2.23. The second kappa shape index (κ2) is 12.4. The smallest absolute Gasteiger partial charge is 0.226 e. The van der Waals surface area contributed by atoms with Gasteiger partial charge in [-0.05, 0) is 49.1 Å². The molecule has 1 heterocycles. The zero-order valence-corrected chi connectivity index (χ0v) is 18.1. The Bertz CT molecular complexity index is 744. The molecule has 0 spiro atoms. The van der Waals surface area contributed by atoms with Crippen LogP contribution in [0.3, 0.4) is 0 Å². The lowest BCUT2D eigenvalue weighted by molar-refractivity contribution is -0.136. The molecule has 0 saturated heterocycles. The number of aromatic nitrogens is 1. The van der Waals surface area contributed by atoms with E-state index < -0.39 is 0 Å². The summed E-state index contributed by atoms with van der Waals surface area (Å²) >= 11 is 0. The van der Waals surface area contributed by atoms with Crippen molar-refractivity contribution in [3.05, 3.63) is 59.7 Å². The standard InChI is InChI=1S/C24H35FN2O2/c1-4-6-11-21(5-2)24(28)27(15-9-16-29-3)19-23-13-8-14-26(23)18-20-10-7-12-22(25)17-20/h7-8,10,12-14,17,21H,4-6,9,11,15-16,18-19H2,1-3H3/t21-/m1/s1. The van der Waals surface area contributed by atoms with E-state index in [0.717, 1.165) is 43.4 Å². The first kappa shape index (κ1) is 23.1. The molecule has 0 aliphatic rings. The van der Waals surface area contributed by atoms with Gasteiger partial charge in [0.05, 0.1) is 6.54 Å². The molecule has 0 saturated carbocycles. The van der Waals surface area contributed by atoms with E-state index in [2.05, 4.69) is 18.4 Å². The first-order valence-corrected chi connectivity index (χ1v) is 10.7. The van der Waals surface area contributed by atoms with Crippen molar-refractivity contribution in [1.29, 1.82) is 0 Å². The summed E-state index contributed by atoms with van der Waals surface area (Å²) < 4.78 is 20.8. The van der Waals surface area contributed by atoms with Gasteiger partial charge in [0, 0.05) is 44.6 Å². The largest absolute Gasteiger partial charge is 0.385 e. The lowest BCUT2D eigenvalue weighted by atomic mass is 9.97. The number of unbranched alkanes of at least 4 members (excludes halogenated alkanes) is 1. The van der Waals surface area contributed by atoms with E-state index in [1.807, 2.05) is 29.3 Å². The van der Waals surface area contributed by atoms with E-state index in [4.69, 9.17) is 4.74 Å². The van der Waals surface area contributed by atoms with Gasteiger partial charge in [-0.3, -0.25) is 4.79 Å². The number of hydrogen-bond donors (Lipinski definition) is 0. The van der Waals surface area contributed by atoms with Crippen LogP contribution in [0.1, 0.15) is 57.2 Å². The molecular weight excluding hydrogens is 367 g/mol. The second-order valence-electron chi connectivity index (χ2n) is 7.61. The van der Waals surface area contributed by atoms with Gasteiger partial charge in [-0.1, -0.05) is 38.8 Å². The first-order valence-electron chi connectivity index (χ1n) is 10.7. The highest BCUT2D eigenvalue weighted by molar-refractivity contribution is 5.78. The number of halogens is 1. The van der Waals surface area contributed by atoms with E-state index in [1.165, 1.54) is 6.07 Å². The molecule has 29 heavy (non-hydrogen) atoms. The monoisotopic (exact) mass is 402 g/mol. The molecule has 0 bridgehead atoms. The summed E-state index contributed by atoms with van der Waals surface area (Å²) in [6.07, 6.45) is 6.79. The molecule has 1 aromatic heterocycles. The van der Waals surface area contributed by atoms with E-state index in [9.17, 15) is 9.18 Å². The van der Waals surface area contributed by atoms with Crippen molar-refractivity contribution < 1.29 is 13.9 Å². The fraction of sp³-hybridized carbons (Fsp3) is 0.542. The van der Waals surface area contributed by atoms with Gasteiger partial charge < -0.3 is 14.2 Å². The zero-order valence-electron chi connectivity index (χ0n) is 18.1. The third-order valence-electron chi connectivity index (χ3n) is 5.35. The molecule has 0 unspecified atom stereocenters. The molecule has 160 valence electrons. The third-order valence-corrected chi connectivity index (χ3v) is 5.35. The Morgan fingerprint density at radius 3 is 2.72 bits per heavy atom. The summed E-state index contributed by atoms with van der Waals surface area (Å²) in [5, 5.41) is 0. The fourth-order valence-electron chi connectivity index (χ4n) is 3.65. The van der Waals surface area contributed by atoms with Gasteiger partial charge in [-0.15, -0.1) is 0 Å². The quantitative estimate of drug-likeness (QED) is 0.429. The van der Waals surface area contributed by atoms with E-state index >= 15 is 0 Å². The maximum atomic E-state index is 13.5. The summed E-state index contributed by atoms with van der Waals surface area (Å²) in [6, 6.07) is 10.7. The summed E-state index contributed by atoms with van der Waals surface area (Å²) in [6.45, 7) is 6.73. The van der Waals surface area contributed by atoms with Crippen LogP contribution >= 0.6 is 0 Å². The molecule has 1 aromatic carbocycles. The van der Waals surface area contributed by atoms with Crippen molar-refractivity contribution in [2.45, 2.75) is 59.0 Å². The van der Waals surface area contributed by atoms with Crippen LogP contribution in [-0.2, 0) is 22.6 Å². The topological polar surface area (TPSA) is 34.5 Å². The van der Waals surface area contributed by atoms with Gasteiger partial charge in [0.15, 0.2) is 0 Å². The van der Waals surface area contributed by atoms with Crippen LogP contribution < -0.4 is 0 Å². The molecule has 0 fully saturated rings. The van der Waals surface area contributed by atoms with Crippen LogP contribution in [0.2, 0.25) is 0 Å². The van der Waals surface area contributed by atoms with Crippen molar-refractivity contribution in [2.75, 3.05) is 20.3 Å². The third kappa shape index (κ3) is 7.32. The van der Waals surface area contributed by atoms with Crippen molar-refractivity contribution in [3.8, 4) is 0 Å². The van der Waals surface area contributed by atoms with E-state index in [0.29, 0.717) is 26.2 Å². The highest BCUT2D eigenvalue weighted by Crippen LogP contribution is 2.19. The summed E-state index contributed by atoms with van der Waals surface area (Å²) in [5.74, 6) is 0.0778. The highest BCUT2D eigenvalue weighted by atomic mass is 19.1. The number of nitrogens with zero attached hydrogens (tertiary/aromatic N) is 2. The number of carbonyl (C=O) groups is 1. The molecule has 2 aromatic rings. The summed E-state index contributed by atoms with van der Waals surface area (Å²) in [5.41, 5.74) is 1.97. The maximum Gasteiger partial charge on any atom is 0.226 e. The Kier molecular flexibility index (Phi) is 9.92. The summed E-state index contributed by atoms with van der Waals surface area (Å²) in [4.78, 5) is 15.2. The van der Waals surface area contributed by atoms with Gasteiger partial charge in [0.1, 0.15) is 5.82 Å². The predicted octanol–water partition coefficient (Wildman–Crippen LogP) is 5.26. The Labute approximate surface area is 174 Å². The minimum atomic E-state index is -0.228. The number of ether oxygens (including phenoxy) is 1. The molecule has 4 nitrogen and oxygen atoms in total. The first-order chi connectivity index (χ1) is 14.1. The van der Waals surface area contributed by atoms with Crippen LogP contribution in [0, 0.1) is 11.7 Å². The molecule has 0 radical (unpaired) electrons. The van der Waals surface area contributed by atoms with Crippen LogP contribution in [0.15, 0.2) is 42.6 Å². The predicted molar refractivity (Wildman–Crippen MR) is 115 cm³/mol. The van der Waals surface area contributed by atoms with Gasteiger partial charge >= 0.3 is 0 Å². The Morgan fingerprint density at radius 1 is 1.21 bits per heavy atom. The number of amides is 1. The Hall–Kier alpha value is -2.14. The molecule has 0 aliphatic carbocycles. The van der Waals surface area contributed by atoms with Crippen LogP contribution in [-0.4, -0.2) is 35.6 Å². The van der Waals surface area contributed by atoms with Crippen LogP contribution in [0.4, 0.5) is 4.39 Å². The van der Waals surface area contributed by atoms with Gasteiger partial charge in [0.25, 0.3) is 0 Å². The van der Waals surface area contributed by atoms with Crippen molar-refractivity contribution in [1.82, 2.24) is 9.47 Å². The van der Waals surface area contributed by atoms with Gasteiger partial charge in [0.2, 0.25) is 5.91 Å². The fourth-order valence-corrected chi connectivity index (χ4v) is 3.65. The normalized spacial score (nSPS) is 12.1. The molecule has 5 heteroatoms. The maximum absolute atomic E-state index is 13.5. The molecule has 1 atom stereocenters. The van der Waals surface area contributed by atoms with Crippen molar-refractivity contribution in [3.63, 3.8) is 0 Å². The number of rotatable bonds is 13. The number of benzene rings is 1. The molecule has 2 rings (SSSR count). The number of carbonyl (C=O) groups excluding carboxylic acids is 1. The van der Waals surface area contributed by atoms with Gasteiger partial charge in [-0.2, -0.15) is 0 Å². The van der Waals surface area contributed by atoms with E-state index in [-0.39, 0.29) is 17.6 Å². The zero-order chi connectivity index (χ0) is 21.1. The lowest BCUT2D eigenvalue weighted by Gasteiger charge is -2.28. The van der Waals surface area contributed by atoms with Crippen molar-refractivity contribution >= 4 is 5.91 Å². The summed E-state index contributed by atoms with van der Waals surface area (Å²) in [7, 11) is 1.69. The minimum absolute atomic E-state index is 0.0733. The van der Waals surface area contributed by atoms with Crippen LogP contribution in [0.5, 0.6) is 0 Å².